The number of ether oxygens (including phenoxy) is 2. The standard InChI is InChI=1S/C14H10N2O3S/c17-14(10-6-13-9(16-10)3-4-20-13)15-8-1-2-11-12(5-8)19-7-18-11/h1-6,16H,7H2,(H,15,17). The molecule has 0 atom stereocenters. The van der Waals surface area contributed by atoms with E-state index in [4.69, 9.17) is 9.47 Å². The van der Waals surface area contributed by atoms with Gasteiger partial charge in [-0.25, -0.2) is 0 Å². The van der Waals surface area contributed by atoms with Gasteiger partial charge >= 0.3 is 0 Å². The zero-order valence-corrected chi connectivity index (χ0v) is 11.1. The van der Waals surface area contributed by atoms with Crippen molar-refractivity contribution in [2.24, 2.45) is 0 Å². The van der Waals surface area contributed by atoms with Crippen molar-refractivity contribution in [3.05, 3.63) is 41.4 Å². The Labute approximate surface area is 118 Å². The predicted octanol–water partition coefficient (Wildman–Crippen LogP) is 3.21. The first-order valence-electron chi connectivity index (χ1n) is 6.07. The van der Waals surface area contributed by atoms with Crippen LogP contribution in [0.2, 0.25) is 0 Å². The maximum Gasteiger partial charge on any atom is 0.272 e. The molecule has 1 aromatic carbocycles. The highest BCUT2D eigenvalue weighted by molar-refractivity contribution is 7.17. The molecule has 1 aliphatic heterocycles. The van der Waals surface area contributed by atoms with Gasteiger partial charge in [-0.15, -0.1) is 11.3 Å². The summed E-state index contributed by atoms with van der Waals surface area (Å²) in [5.41, 5.74) is 2.20. The van der Waals surface area contributed by atoms with Gasteiger partial charge in [-0.3, -0.25) is 4.79 Å². The Balaban J connectivity index is 1.59. The van der Waals surface area contributed by atoms with Gasteiger partial charge in [-0.05, 0) is 29.6 Å². The van der Waals surface area contributed by atoms with Gasteiger partial charge in [-0.2, -0.15) is 0 Å². The van der Waals surface area contributed by atoms with Crippen molar-refractivity contribution < 1.29 is 14.3 Å². The number of fused-ring (bicyclic) bond motifs is 2. The highest BCUT2D eigenvalue weighted by atomic mass is 32.1. The molecular formula is C14H10N2O3S. The lowest BCUT2D eigenvalue weighted by molar-refractivity contribution is 0.102. The molecule has 1 amide bonds. The molecule has 100 valence electrons. The fraction of sp³-hybridized carbons (Fsp3) is 0.0714. The summed E-state index contributed by atoms with van der Waals surface area (Å²) in [4.78, 5) is 15.3. The van der Waals surface area contributed by atoms with Crippen LogP contribution in [0.1, 0.15) is 10.5 Å². The highest BCUT2D eigenvalue weighted by Gasteiger charge is 2.15. The molecule has 0 saturated heterocycles. The Morgan fingerprint density at radius 1 is 1.20 bits per heavy atom. The summed E-state index contributed by atoms with van der Waals surface area (Å²) in [5, 5.41) is 4.82. The van der Waals surface area contributed by atoms with Gasteiger partial charge in [0.1, 0.15) is 5.69 Å². The highest BCUT2D eigenvalue weighted by Crippen LogP contribution is 2.34. The Bertz CT molecular complexity index is 777. The Morgan fingerprint density at radius 3 is 3.00 bits per heavy atom. The average molecular weight is 286 g/mol. The van der Waals surface area contributed by atoms with Gasteiger partial charge in [-0.1, -0.05) is 0 Å². The minimum absolute atomic E-state index is 0.174. The second kappa shape index (κ2) is 4.28. The van der Waals surface area contributed by atoms with Gasteiger partial charge < -0.3 is 19.8 Å². The molecule has 0 fully saturated rings. The van der Waals surface area contributed by atoms with E-state index in [9.17, 15) is 4.79 Å². The van der Waals surface area contributed by atoms with E-state index in [1.165, 1.54) is 0 Å². The van der Waals surface area contributed by atoms with Gasteiger partial charge in [0.15, 0.2) is 11.5 Å². The number of H-pyrrole nitrogens is 1. The number of carbonyl (C=O) groups is 1. The van der Waals surface area contributed by atoms with Crippen molar-refractivity contribution in [3.63, 3.8) is 0 Å². The number of carbonyl (C=O) groups excluding carboxylic acids is 1. The smallest absolute Gasteiger partial charge is 0.272 e. The van der Waals surface area contributed by atoms with Crippen molar-refractivity contribution >= 4 is 33.1 Å². The molecular weight excluding hydrogens is 276 g/mol. The van der Waals surface area contributed by atoms with Crippen LogP contribution in [-0.4, -0.2) is 17.7 Å². The average Bonchev–Trinajstić information content (AvgIpc) is 3.12. The van der Waals surface area contributed by atoms with Crippen molar-refractivity contribution in [1.82, 2.24) is 4.98 Å². The van der Waals surface area contributed by atoms with Crippen LogP contribution in [0, 0.1) is 0 Å². The molecule has 4 rings (SSSR count). The zero-order chi connectivity index (χ0) is 13.5. The second-order valence-electron chi connectivity index (χ2n) is 4.40. The maximum absolute atomic E-state index is 12.2. The number of hydrogen-bond donors (Lipinski definition) is 2. The number of aromatic amines is 1. The van der Waals surface area contributed by atoms with Crippen molar-refractivity contribution in [2.45, 2.75) is 0 Å². The second-order valence-corrected chi connectivity index (χ2v) is 5.35. The third-order valence-corrected chi connectivity index (χ3v) is 3.98. The number of benzene rings is 1. The topological polar surface area (TPSA) is 63.4 Å². The van der Waals surface area contributed by atoms with Crippen LogP contribution >= 0.6 is 11.3 Å². The summed E-state index contributed by atoms with van der Waals surface area (Å²) < 4.78 is 11.6. The number of amides is 1. The lowest BCUT2D eigenvalue weighted by Gasteiger charge is -2.04. The number of aromatic nitrogens is 1. The van der Waals surface area contributed by atoms with Crippen molar-refractivity contribution in [2.75, 3.05) is 12.1 Å². The minimum atomic E-state index is -0.174. The summed E-state index contributed by atoms with van der Waals surface area (Å²) in [6.07, 6.45) is 0. The van der Waals surface area contributed by atoms with E-state index in [0.717, 1.165) is 10.2 Å². The van der Waals surface area contributed by atoms with Gasteiger partial charge in [0, 0.05) is 11.8 Å². The molecule has 0 aliphatic carbocycles. The van der Waals surface area contributed by atoms with E-state index in [0.29, 0.717) is 22.9 Å². The largest absolute Gasteiger partial charge is 0.454 e. The van der Waals surface area contributed by atoms with E-state index in [1.807, 2.05) is 17.5 Å². The van der Waals surface area contributed by atoms with Crippen LogP contribution in [0.25, 0.3) is 10.2 Å². The van der Waals surface area contributed by atoms with Gasteiger partial charge in [0.25, 0.3) is 5.91 Å². The quantitative estimate of drug-likeness (QED) is 0.760. The Morgan fingerprint density at radius 2 is 2.10 bits per heavy atom. The van der Waals surface area contributed by atoms with E-state index in [2.05, 4.69) is 10.3 Å². The summed E-state index contributed by atoms with van der Waals surface area (Å²) in [7, 11) is 0. The van der Waals surface area contributed by atoms with Crippen molar-refractivity contribution in [3.8, 4) is 11.5 Å². The molecule has 0 spiro atoms. The lowest BCUT2D eigenvalue weighted by Crippen LogP contribution is -2.12. The molecule has 0 radical (unpaired) electrons. The minimum Gasteiger partial charge on any atom is -0.454 e. The zero-order valence-electron chi connectivity index (χ0n) is 10.3. The molecule has 2 aromatic heterocycles. The monoisotopic (exact) mass is 286 g/mol. The number of anilines is 1. The first-order chi connectivity index (χ1) is 9.79. The van der Waals surface area contributed by atoms with Crippen molar-refractivity contribution in [1.29, 1.82) is 0 Å². The predicted molar refractivity (Wildman–Crippen MR) is 76.7 cm³/mol. The summed E-state index contributed by atoms with van der Waals surface area (Å²) in [6.45, 7) is 0.222. The lowest BCUT2D eigenvalue weighted by atomic mass is 10.2. The molecule has 3 aromatic rings. The van der Waals surface area contributed by atoms with Crippen LogP contribution in [0.15, 0.2) is 35.7 Å². The first kappa shape index (κ1) is 11.4. The number of hydrogen-bond acceptors (Lipinski definition) is 4. The van der Waals surface area contributed by atoms with E-state index in [1.54, 1.807) is 29.5 Å². The summed E-state index contributed by atoms with van der Waals surface area (Å²) in [5.74, 6) is 1.17. The summed E-state index contributed by atoms with van der Waals surface area (Å²) >= 11 is 1.60. The fourth-order valence-electron chi connectivity index (χ4n) is 2.14. The summed E-state index contributed by atoms with van der Waals surface area (Å²) in [6, 6.07) is 9.13. The van der Waals surface area contributed by atoms with Crippen LogP contribution in [-0.2, 0) is 0 Å². The van der Waals surface area contributed by atoms with Gasteiger partial charge in [0.2, 0.25) is 6.79 Å². The number of nitrogens with one attached hydrogen (secondary N) is 2. The molecule has 3 heterocycles. The Hall–Kier alpha value is -2.47. The SMILES string of the molecule is O=C(Nc1ccc2c(c1)OCO2)c1cc2sccc2[nH]1. The van der Waals surface area contributed by atoms with E-state index < -0.39 is 0 Å². The molecule has 0 bridgehead atoms. The number of rotatable bonds is 2. The fourth-order valence-corrected chi connectivity index (χ4v) is 2.93. The van der Waals surface area contributed by atoms with Crippen LogP contribution < -0.4 is 14.8 Å². The number of thiophene rings is 1. The molecule has 5 nitrogen and oxygen atoms in total. The van der Waals surface area contributed by atoms with Crippen LogP contribution in [0.3, 0.4) is 0 Å². The third kappa shape index (κ3) is 1.81. The van der Waals surface area contributed by atoms with Crippen LogP contribution in [0.5, 0.6) is 11.5 Å². The third-order valence-electron chi connectivity index (χ3n) is 3.12. The maximum atomic E-state index is 12.2. The first-order valence-corrected chi connectivity index (χ1v) is 6.95. The molecule has 2 N–H and O–H groups in total. The van der Waals surface area contributed by atoms with E-state index >= 15 is 0 Å². The molecule has 0 saturated carbocycles. The molecule has 6 heteroatoms. The molecule has 0 unspecified atom stereocenters. The normalized spacial score (nSPS) is 12.8. The van der Waals surface area contributed by atoms with E-state index in [-0.39, 0.29) is 12.7 Å². The van der Waals surface area contributed by atoms with Gasteiger partial charge in [0.05, 0.1) is 10.2 Å². The Kier molecular flexibility index (Phi) is 2.43. The van der Waals surface area contributed by atoms with Crippen LogP contribution in [0.4, 0.5) is 5.69 Å². The molecule has 1 aliphatic rings. The molecule has 20 heavy (non-hydrogen) atoms.